The van der Waals surface area contributed by atoms with Crippen LogP contribution in [0.5, 0.6) is 11.5 Å². The third kappa shape index (κ3) is 5.54. The van der Waals surface area contributed by atoms with Crippen LogP contribution in [0, 0.1) is 5.82 Å². The van der Waals surface area contributed by atoms with E-state index in [0.717, 1.165) is 61.3 Å². The number of carbonyl (C=O) groups is 1. The summed E-state index contributed by atoms with van der Waals surface area (Å²) in [6.45, 7) is 3.17. The summed E-state index contributed by atoms with van der Waals surface area (Å²) in [7, 11) is 1.55. The van der Waals surface area contributed by atoms with Crippen LogP contribution in [0.25, 0.3) is 11.0 Å². The van der Waals surface area contributed by atoms with E-state index in [9.17, 15) is 9.18 Å². The van der Waals surface area contributed by atoms with Crippen molar-refractivity contribution in [2.24, 2.45) is 0 Å². The molecule has 0 N–H and O–H groups in total. The first-order valence-corrected chi connectivity index (χ1v) is 14.0. The number of carbonyl (C=O) groups excluding carboxylic acids is 1. The molecule has 2 fully saturated rings. The van der Waals surface area contributed by atoms with Crippen LogP contribution in [-0.2, 0) is 17.9 Å². The van der Waals surface area contributed by atoms with Crippen LogP contribution >= 0.6 is 0 Å². The first-order chi connectivity index (χ1) is 19.6. The summed E-state index contributed by atoms with van der Waals surface area (Å²) in [4.78, 5) is 20.4. The molecule has 2 aliphatic heterocycles. The van der Waals surface area contributed by atoms with Gasteiger partial charge in [-0.25, -0.2) is 9.37 Å². The minimum Gasteiger partial charge on any atom is -0.493 e. The number of para-hydroxylation sites is 2. The van der Waals surface area contributed by atoms with Crippen LogP contribution in [0.3, 0.4) is 0 Å². The van der Waals surface area contributed by atoms with Crippen molar-refractivity contribution in [3.8, 4) is 11.5 Å². The zero-order chi connectivity index (χ0) is 27.5. The van der Waals surface area contributed by atoms with E-state index < -0.39 is 0 Å². The fraction of sp³-hybridized carbons (Fsp3) is 0.375. The van der Waals surface area contributed by atoms with Crippen molar-refractivity contribution < 1.29 is 23.4 Å². The van der Waals surface area contributed by atoms with Crippen molar-refractivity contribution in [1.82, 2.24) is 14.5 Å². The number of nitrogens with zero attached hydrogens (tertiary/aromatic N) is 3. The number of piperidine rings is 1. The molecule has 0 radical (unpaired) electrons. The Hall–Kier alpha value is -3.91. The summed E-state index contributed by atoms with van der Waals surface area (Å²) < 4.78 is 33.2. The van der Waals surface area contributed by atoms with E-state index in [-0.39, 0.29) is 30.4 Å². The van der Waals surface area contributed by atoms with Crippen molar-refractivity contribution in [2.45, 2.75) is 50.9 Å². The lowest BCUT2D eigenvalue weighted by molar-refractivity contribution is 0.0707. The Labute approximate surface area is 233 Å². The SMILES string of the molecule is COc1cc(C(=O)N2CCC(c3nc4ccccc4n3CC3CCCO3)CC2)ccc1OCc1cccc(F)c1. The first kappa shape index (κ1) is 26.3. The molecule has 3 heterocycles. The van der Waals surface area contributed by atoms with Gasteiger partial charge in [0, 0.05) is 31.2 Å². The van der Waals surface area contributed by atoms with Crippen molar-refractivity contribution >= 4 is 16.9 Å². The second-order valence-corrected chi connectivity index (χ2v) is 10.6. The van der Waals surface area contributed by atoms with E-state index in [0.29, 0.717) is 30.2 Å². The van der Waals surface area contributed by atoms with Crippen molar-refractivity contribution in [1.29, 1.82) is 0 Å². The quantitative estimate of drug-likeness (QED) is 0.274. The predicted molar refractivity (Wildman–Crippen MR) is 150 cm³/mol. The van der Waals surface area contributed by atoms with Crippen molar-refractivity contribution in [2.75, 3.05) is 26.8 Å². The number of methoxy groups -OCH3 is 1. The highest BCUT2D eigenvalue weighted by molar-refractivity contribution is 5.95. The van der Waals surface area contributed by atoms with Gasteiger partial charge in [-0.2, -0.15) is 0 Å². The maximum absolute atomic E-state index is 13.5. The summed E-state index contributed by atoms with van der Waals surface area (Å²) >= 11 is 0. The number of imidazole rings is 1. The van der Waals surface area contributed by atoms with Crippen molar-refractivity contribution in [3.63, 3.8) is 0 Å². The van der Waals surface area contributed by atoms with Gasteiger partial charge in [-0.3, -0.25) is 4.79 Å². The third-order valence-electron chi connectivity index (χ3n) is 7.94. The number of hydrogen-bond donors (Lipinski definition) is 0. The number of rotatable bonds is 8. The average Bonchev–Trinajstić information content (AvgIpc) is 3.64. The number of benzene rings is 3. The van der Waals surface area contributed by atoms with Crippen LogP contribution in [0.4, 0.5) is 4.39 Å². The number of amides is 1. The molecule has 0 aliphatic carbocycles. The highest BCUT2D eigenvalue weighted by atomic mass is 19.1. The minimum absolute atomic E-state index is 0.0266. The molecule has 0 spiro atoms. The molecule has 0 bridgehead atoms. The van der Waals surface area contributed by atoms with Crippen LogP contribution < -0.4 is 9.47 Å². The van der Waals surface area contributed by atoms with Crippen LogP contribution in [-0.4, -0.2) is 53.3 Å². The van der Waals surface area contributed by atoms with Crippen LogP contribution in [0.1, 0.15) is 53.3 Å². The smallest absolute Gasteiger partial charge is 0.253 e. The van der Waals surface area contributed by atoms with Gasteiger partial charge in [-0.1, -0.05) is 24.3 Å². The average molecular weight is 544 g/mol. The van der Waals surface area contributed by atoms with Gasteiger partial charge in [0.2, 0.25) is 0 Å². The van der Waals surface area contributed by atoms with Gasteiger partial charge in [-0.15, -0.1) is 0 Å². The van der Waals surface area contributed by atoms with Gasteiger partial charge in [0.1, 0.15) is 18.2 Å². The molecule has 0 saturated carbocycles. The Balaban J connectivity index is 1.13. The molecule has 1 atom stereocenters. The molecule has 6 rings (SSSR count). The number of likely N-dealkylation sites (tertiary alicyclic amines) is 1. The summed E-state index contributed by atoms with van der Waals surface area (Å²) in [5, 5.41) is 0. The zero-order valence-electron chi connectivity index (χ0n) is 22.7. The molecule has 2 aliphatic rings. The second-order valence-electron chi connectivity index (χ2n) is 10.6. The fourth-order valence-electron chi connectivity index (χ4n) is 5.82. The standard InChI is InChI=1S/C32H34FN3O4/c1-38-30-19-24(11-12-29(30)40-21-22-6-4-7-25(33)18-22)32(37)35-15-13-23(14-16-35)31-34-27-9-2-3-10-28(27)36(31)20-26-8-5-17-39-26/h2-4,6-7,9-12,18-19,23,26H,5,8,13-17,20-21H2,1H3. The Bertz CT molecular complexity index is 1490. The lowest BCUT2D eigenvalue weighted by Gasteiger charge is -2.32. The highest BCUT2D eigenvalue weighted by Crippen LogP contribution is 2.33. The van der Waals surface area contributed by atoms with Gasteiger partial charge < -0.3 is 23.7 Å². The zero-order valence-corrected chi connectivity index (χ0v) is 22.7. The topological polar surface area (TPSA) is 65.8 Å². The van der Waals surface area contributed by atoms with Gasteiger partial charge in [0.15, 0.2) is 11.5 Å². The maximum atomic E-state index is 13.5. The molecule has 208 valence electrons. The summed E-state index contributed by atoms with van der Waals surface area (Å²) in [6, 6.07) is 19.8. The van der Waals surface area contributed by atoms with Gasteiger partial charge in [0.25, 0.3) is 5.91 Å². The lowest BCUT2D eigenvalue weighted by atomic mass is 9.95. The molecule has 2 saturated heterocycles. The molecule has 3 aromatic carbocycles. The highest BCUT2D eigenvalue weighted by Gasteiger charge is 2.29. The number of halogens is 1. The number of ether oxygens (including phenoxy) is 3. The Morgan fingerprint density at radius 3 is 2.65 bits per heavy atom. The molecular formula is C32H34FN3O4. The minimum atomic E-state index is -0.308. The van der Waals surface area contributed by atoms with Gasteiger partial charge in [0.05, 0.1) is 30.8 Å². The monoisotopic (exact) mass is 543 g/mol. The van der Waals surface area contributed by atoms with E-state index in [1.807, 2.05) is 11.0 Å². The summed E-state index contributed by atoms with van der Waals surface area (Å²) in [5.41, 5.74) is 3.44. The largest absolute Gasteiger partial charge is 0.493 e. The molecule has 4 aromatic rings. The lowest BCUT2D eigenvalue weighted by Crippen LogP contribution is -2.38. The molecule has 1 amide bonds. The molecule has 40 heavy (non-hydrogen) atoms. The third-order valence-corrected chi connectivity index (χ3v) is 7.94. The van der Waals surface area contributed by atoms with Gasteiger partial charge >= 0.3 is 0 Å². The molecule has 1 unspecified atom stereocenters. The second kappa shape index (κ2) is 11.7. The fourth-order valence-corrected chi connectivity index (χ4v) is 5.82. The van der Waals surface area contributed by atoms with Gasteiger partial charge in [-0.05, 0) is 73.7 Å². The number of fused-ring (bicyclic) bond motifs is 1. The molecule has 8 heteroatoms. The first-order valence-electron chi connectivity index (χ1n) is 14.0. The summed E-state index contributed by atoms with van der Waals surface area (Å²) in [5.74, 6) is 2.03. The van der Waals surface area contributed by atoms with E-state index in [1.54, 1.807) is 37.4 Å². The Morgan fingerprint density at radius 1 is 1.02 bits per heavy atom. The molecule has 7 nitrogen and oxygen atoms in total. The summed E-state index contributed by atoms with van der Waals surface area (Å²) in [6.07, 6.45) is 4.13. The van der Waals surface area contributed by atoms with E-state index in [2.05, 4.69) is 22.8 Å². The Kier molecular flexibility index (Phi) is 7.68. The normalized spacial score (nSPS) is 17.9. The van der Waals surface area contributed by atoms with Crippen LogP contribution in [0.15, 0.2) is 66.7 Å². The number of hydrogen-bond acceptors (Lipinski definition) is 5. The van der Waals surface area contributed by atoms with Crippen molar-refractivity contribution in [3.05, 3.63) is 89.5 Å². The van der Waals surface area contributed by atoms with E-state index in [1.165, 1.54) is 12.1 Å². The molecular weight excluding hydrogens is 509 g/mol. The number of aromatic nitrogens is 2. The van der Waals surface area contributed by atoms with E-state index in [4.69, 9.17) is 19.2 Å². The van der Waals surface area contributed by atoms with E-state index >= 15 is 0 Å². The predicted octanol–water partition coefficient (Wildman–Crippen LogP) is 5.96. The van der Waals surface area contributed by atoms with Crippen LogP contribution in [0.2, 0.25) is 0 Å². The maximum Gasteiger partial charge on any atom is 0.253 e. The molecule has 1 aromatic heterocycles. The Morgan fingerprint density at radius 2 is 1.88 bits per heavy atom.